The highest BCUT2D eigenvalue weighted by molar-refractivity contribution is 7.99. The Kier molecular flexibility index (Phi) is 3.65. The third kappa shape index (κ3) is 2.60. The number of hydrogen-bond acceptors (Lipinski definition) is 3. The van der Waals surface area contributed by atoms with E-state index in [0.29, 0.717) is 0 Å². The molecule has 0 radical (unpaired) electrons. The molecule has 0 fully saturated rings. The van der Waals surface area contributed by atoms with Gasteiger partial charge < -0.3 is 4.74 Å². The zero-order valence-electron chi connectivity index (χ0n) is 6.30. The molecule has 3 heteroatoms. The van der Waals surface area contributed by atoms with Crippen molar-refractivity contribution in [3.8, 4) is 0 Å². The summed E-state index contributed by atoms with van der Waals surface area (Å²) in [6.07, 6.45) is 1.20. The van der Waals surface area contributed by atoms with Crippen molar-refractivity contribution in [3.05, 3.63) is 0 Å². The molecule has 1 aliphatic heterocycles. The molecule has 1 aliphatic rings. The minimum Gasteiger partial charge on any atom is -0.481 e. The Morgan fingerprint density at radius 3 is 3.40 bits per heavy atom. The first kappa shape index (κ1) is 7.92. The molecule has 58 valence electrons. The molecule has 0 aromatic carbocycles. The fourth-order valence-corrected chi connectivity index (χ4v) is 1.66. The van der Waals surface area contributed by atoms with Crippen LogP contribution >= 0.6 is 11.8 Å². The summed E-state index contributed by atoms with van der Waals surface area (Å²) >= 11 is 1.91. The van der Waals surface area contributed by atoms with E-state index in [9.17, 15) is 0 Å². The van der Waals surface area contributed by atoms with E-state index in [-0.39, 0.29) is 0 Å². The summed E-state index contributed by atoms with van der Waals surface area (Å²) in [5.74, 6) is 3.12. The van der Waals surface area contributed by atoms with Gasteiger partial charge in [0.25, 0.3) is 0 Å². The van der Waals surface area contributed by atoms with Gasteiger partial charge in [0.2, 0.25) is 0 Å². The van der Waals surface area contributed by atoms with Gasteiger partial charge in [0.1, 0.15) is 0 Å². The van der Waals surface area contributed by atoms with Crippen molar-refractivity contribution in [2.45, 2.75) is 13.3 Å². The van der Waals surface area contributed by atoms with E-state index < -0.39 is 0 Å². The van der Waals surface area contributed by atoms with Crippen LogP contribution in [0.25, 0.3) is 0 Å². The second kappa shape index (κ2) is 4.61. The number of aliphatic imine (C=N–C) groups is 1. The minimum atomic E-state index is 0.749. The zero-order valence-corrected chi connectivity index (χ0v) is 7.12. The van der Waals surface area contributed by atoms with Crippen molar-refractivity contribution in [1.82, 2.24) is 0 Å². The fourth-order valence-electron chi connectivity index (χ4n) is 0.829. The summed E-state index contributed by atoms with van der Waals surface area (Å²) in [6.45, 7) is 3.69. The van der Waals surface area contributed by atoms with Crippen molar-refractivity contribution >= 4 is 17.7 Å². The molecule has 0 saturated heterocycles. The van der Waals surface area contributed by atoms with Crippen molar-refractivity contribution < 1.29 is 4.74 Å². The number of ether oxygens (including phenoxy) is 1. The quantitative estimate of drug-likeness (QED) is 0.579. The number of rotatable bonds is 1. The molecule has 10 heavy (non-hydrogen) atoms. The second-order valence-electron chi connectivity index (χ2n) is 2.11. The molecule has 0 bridgehead atoms. The summed E-state index contributed by atoms with van der Waals surface area (Å²) in [5.41, 5.74) is 0. The molecule has 0 atom stereocenters. The van der Waals surface area contributed by atoms with E-state index in [4.69, 9.17) is 4.74 Å². The smallest absolute Gasteiger partial charge is 0.193 e. The van der Waals surface area contributed by atoms with Crippen LogP contribution in [0.3, 0.4) is 0 Å². The van der Waals surface area contributed by atoms with Gasteiger partial charge in [-0.3, -0.25) is 4.99 Å². The Morgan fingerprint density at radius 2 is 2.60 bits per heavy atom. The standard InChI is InChI=1S/C7H13NOS/c1-2-9-7-6-10-5-3-4-8-7/h2-6H2,1H3. The van der Waals surface area contributed by atoms with E-state index in [1.165, 1.54) is 12.2 Å². The normalized spacial score (nSPS) is 19.5. The molecule has 0 aliphatic carbocycles. The number of hydrogen-bond donors (Lipinski definition) is 0. The first-order valence-electron chi connectivity index (χ1n) is 3.67. The highest BCUT2D eigenvalue weighted by Crippen LogP contribution is 2.08. The molecule has 0 spiro atoms. The molecular formula is C7H13NOS. The maximum Gasteiger partial charge on any atom is 0.193 e. The Hall–Kier alpha value is -0.180. The van der Waals surface area contributed by atoms with Crippen LogP contribution in [0.5, 0.6) is 0 Å². The Balaban J connectivity index is 2.31. The van der Waals surface area contributed by atoms with Gasteiger partial charge in [-0.2, -0.15) is 11.8 Å². The van der Waals surface area contributed by atoms with Gasteiger partial charge in [-0.05, 0) is 19.1 Å². The second-order valence-corrected chi connectivity index (χ2v) is 3.22. The van der Waals surface area contributed by atoms with Crippen LogP contribution in [-0.2, 0) is 4.74 Å². The van der Waals surface area contributed by atoms with Crippen LogP contribution < -0.4 is 0 Å². The molecule has 1 rings (SSSR count). The number of thioether (sulfide) groups is 1. The topological polar surface area (TPSA) is 21.6 Å². The van der Waals surface area contributed by atoms with Gasteiger partial charge in [-0.25, -0.2) is 0 Å². The molecule has 0 saturated carbocycles. The van der Waals surface area contributed by atoms with Crippen LogP contribution in [0.4, 0.5) is 0 Å². The molecule has 0 N–H and O–H groups in total. The lowest BCUT2D eigenvalue weighted by molar-refractivity contribution is 0.324. The zero-order chi connectivity index (χ0) is 7.23. The molecule has 1 heterocycles. The monoisotopic (exact) mass is 159 g/mol. The lowest BCUT2D eigenvalue weighted by atomic mass is 10.5. The largest absolute Gasteiger partial charge is 0.481 e. The predicted molar refractivity (Wildman–Crippen MR) is 45.9 cm³/mol. The molecule has 2 nitrogen and oxygen atoms in total. The minimum absolute atomic E-state index is 0.749. The van der Waals surface area contributed by atoms with E-state index in [1.807, 2.05) is 18.7 Å². The molecular weight excluding hydrogens is 146 g/mol. The van der Waals surface area contributed by atoms with E-state index in [0.717, 1.165) is 24.8 Å². The lowest BCUT2D eigenvalue weighted by Gasteiger charge is -2.02. The van der Waals surface area contributed by atoms with Gasteiger partial charge in [0.15, 0.2) is 5.90 Å². The summed E-state index contributed by atoms with van der Waals surface area (Å²) in [5, 5.41) is 0. The Morgan fingerprint density at radius 1 is 1.70 bits per heavy atom. The van der Waals surface area contributed by atoms with Gasteiger partial charge in [0.05, 0.1) is 12.4 Å². The highest BCUT2D eigenvalue weighted by Gasteiger charge is 2.03. The van der Waals surface area contributed by atoms with Crippen LogP contribution in [0, 0.1) is 0 Å². The Bertz CT molecular complexity index is 125. The average Bonchev–Trinajstić information content (AvgIpc) is 2.17. The highest BCUT2D eigenvalue weighted by atomic mass is 32.2. The summed E-state index contributed by atoms with van der Waals surface area (Å²) in [4.78, 5) is 4.29. The predicted octanol–water partition coefficient (Wildman–Crippen LogP) is 1.56. The van der Waals surface area contributed by atoms with Crippen LogP contribution in [-0.4, -0.2) is 30.6 Å². The summed E-state index contributed by atoms with van der Waals surface area (Å²) < 4.78 is 5.29. The van der Waals surface area contributed by atoms with E-state index >= 15 is 0 Å². The van der Waals surface area contributed by atoms with Crippen LogP contribution in [0.1, 0.15) is 13.3 Å². The van der Waals surface area contributed by atoms with Crippen molar-refractivity contribution in [2.24, 2.45) is 4.99 Å². The summed E-state index contributed by atoms with van der Waals surface area (Å²) in [7, 11) is 0. The van der Waals surface area contributed by atoms with Gasteiger partial charge in [0, 0.05) is 6.54 Å². The van der Waals surface area contributed by atoms with Crippen molar-refractivity contribution in [1.29, 1.82) is 0 Å². The average molecular weight is 159 g/mol. The third-order valence-corrected chi connectivity index (χ3v) is 2.30. The molecule has 0 aromatic rings. The first-order valence-corrected chi connectivity index (χ1v) is 4.83. The Labute approximate surface area is 66.1 Å². The first-order chi connectivity index (χ1) is 4.93. The van der Waals surface area contributed by atoms with Crippen molar-refractivity contribution in [3.63, 3.8) is 0 Å². The van der Waals surface area contributed by atoms with Crippen LogP contribution in [0.15, 0.2) is 4.99 Å². The van der Waals surface area contributed by atoms with Gasteiger partial charge in [-0.15, -0.1) is 0 Å². The lowest BCUT2D eigenvalue weighted by Crippen LogP contribution is -2.06. The summed E-state index contributed by atoms with van der Waals surface area (Å²) in [6, 6.07) is 0. The van der Waals surface area contributed by atoms with Gasteiger partial charge >= 0.3 is 0 Å². The molecule has 0 unspecified atom stereocenters. The van der Waals surface area contributed by atoms with Gasteiger partial charge in [-0.1, -0.05) is 0 Å². The maximum absolute atomic E-state index is 5.29. The molecule has 0 amide bonds. The molecule has 0 aromatic heterocycles. The number of nitrogens with zero attached hydrogens (tertiary/aromatic N) is 1. The SMILES string of the molecule is CCOC1=NCCCSC1. The van der Waals surface area contributed by atoms with E-state index in [1.54, 1.807) is 0 Å². The third-order valence-electron chi connectivity index (χ3n) is 1.27. The van der Waals surface area contributed by atoms with E-state index in [2.05, 4.69) is 4.99 Å². The maximum atomic E-state index is 5.29. The van der Waals surface area contributed by atoms with Crippen LogP contribution in [0.2, 0.25) is 0 Å². The van der Waals surface area contributed by atoms with Crippen molar-refractivity contribution in [2.75, 3.05) is 24.7 Å². The fraction of sp³-hybridized carbons (Fsp3) is 0.857.